The first-order chi connectivity index (χ1) is 7.15. The number of hydrogen-bond donors (Lipinski definition) is 1. The maximum Gasteiger partial charge on any atom is 0.221 e. The monoisotopic (exact) mass is 203 g/mol. The summed E-state index contributed by atoms with van der Waals surface area (Å²) in [5.74, 6) is 0.795. The third kappa shape index (κ3) is 2.38. The highest BCUT2D eigenvalue weighted by atomic mass is 16.1. The number of benzene rings is 1. The Morgan fingerprint density at radius 3 is 2.93 bits per heavy atom. The van der Waals surface area contributed by atoms with Gasteiger partial charge in [-0.3, -0.25) is 4.79 Å². The zero-order chi connectivity index (χ0) is 10.8. The van der Waals surface area contributed by atoms with Crippen LogP contribution in [0, 0.1) is 5.92 Å². The predicted molar refractivity (Wildman–Crippen MR) is 61.9 cm³/mol. The van der Waals surface area contributed by atoms with Gasteiger partial charge in [-0.2, -0.15) is 0 Å². The number of carbonyl (C=O) groups is 1. The van der Waals surface area contributed by atoms with Gasteiger partial charge >= 0.3 is 0 Å². The molecule has 0 spiro atoms. The molecule has 2 heteroatoms. The van der Waals surface area contributed by atoms with Crippen LogP contribution in [0.3, 0.4) is 0 Å². The van der Waals surface area contributed by atoms with Crippen molar-refractivity contribution >= 4 is 11.6 Å². The molecule has 1 aliphatic rings. The van der Waals surface area contributed by atoms with E-state index in [1.165, 1.54) is 24.0 Å². The molecule has 1 aromatic carbocycles. The molecule has 1 aliphatic carbocycles. The van der Waals surface area contributed by atoms with Crippen molar-refractivity contribution in [3.8, 4) is 0 Å². The molecule has 80 valence electrons. The van der Waals surface area contributed by atoms with E-state index in [1.54, 1.807) is 6.92 Å². The Balaban J connectivity index is 2.23. The maximum atomic E-state index is 10.9. The van der Waals surface area contributed by atoms with E-state index in [1.807, 2.05) is 6.07 Å². The predicted octanol–water partition coefficient (Wildman–Crippen LogP) is 2.77. The lowest BCUT2D eigenvalue weighted by Crippen LogP contribution is -2.12. The van der Waals surface area contributed by atoms with Gasteiger partial charge in [-0.25, -0.2) is 0 Å². The van der Waals surface area contributed by atoms with Crippen molar-refractivity contribution in [1.82, 2.24) is 0 Å². The Labute approximate surface area is 90.7 Å². The summed E-state index contributed by atoms with van der Waals surface area (Å²) in [6.07, 6.45) is 3.58. The third-order valence-electron chi connectivity index (χ3n) is 3.00. The fraction of sp³-hybridized carbons (Fsp3) is 0.462. The molecule has 15 heavy (non-hydrogen) atoms. The smallest absolute Gasteiger partial charge is 0.221 e. The van der Waals surface area contributed by atoms with Gasteiger partial charge in [0.2, 0.25) is 5.91 Å². The summed E-state index contributed by atoms with van der Waals surface area (Å²) in [4.78, 5) is 10.9. The van der Waals surface area contributed by atoms with Crippen LogP contribution in [0.2, 0.25) is 0 Å². The first-order valence-electron chi connectivity index (χ1n) is 5.54. The van der Waals surface area contributed by atoms with Crippen LogP contribution in [0.25, 0.3) is 0 Å². The Morgan fingerprint density at radius 2 is 2.20 bits per heavy atom. The number of aryl methyl sites for hydroxylation is 1. The summed E-state index contributed by atoms with van der Waals surface area (Å²) in [6, 6.07) is 6.26. The summed E-state index contributed by atoms with van der Waals surface area (Å²) in [5.41, 5.74) is 3.78. The molecule has 0 fully saturated rings. The lowest BCUT2D eigenvalue weighted by Gasteiger charge is -2.21. The first kappa shape index (κ1) is 10.2. The summed E-state index contributed by atoms with van der Waals surface area (Å²) < 4.78 is 0. The lowest BCUT2D eigenvalue weighted by atomic mass is 9.85. The topological polar surface area (TPSA) is 29.1 Å². The minimum atomic E-state index is -0.000808. The van der Waals surface area contributed by atoms with Crippen LogP contribution in [0.5, 0.6) is 0 Å². The summed E-state index contributed by atoms with van der Waals surface area (Å²) in [7, 11) is 0. The fourth-order valence-corrected chi connectivity index (χ4v) is 2.22. The van der Waals surface area contributed by atoms with Crippen LogP contribution in [0.15, 0.2) is 18.2 Å². The molecule has 1 aromatic rings. The van der Waals surface area contributed by atoms with Crippen molar-refractivity contribution in [2.75, 3.05) is 5.32 Å². The molecule has 1 atom stereocenters. The summed E-state index contributed by atoms with van der Waals surface area (Å²) in [6.45, 7) is 3.84. The van der Waals surface area contributed by atoms with Crippen molar-refractivity contribution in [1.29, 1.82) is 0 Å². The van der Waals surface area contributed by atoms with E-state index in [9.17, 15) is 4.79 Å². The second-order valence-corrected chi connectivity index (χ2v) is 4.51. The van der Waals surface area contributed by atoms with Gasteiger partial charge in [0, 0.05) is 12.6 Å². The average molecular weight is 203 g/mol. The van der Waals surface area contributed by atoms with Crippen molar-refractivity contribution in [3.05, 3.63) is 29.3 Å². The summed E-state index contributed by atoms with van der Waals surface area (Å²) in [5, 5.41) is 2.83. The van der Waals surface area contributed by atoms with Crippen molar-refractivity contribution in [3.63, 3.8) is 0 Å². The van der Waals surface area contributed by atoms with Gasteiger partial charge in [-0.1, -0.05) is 13.0 Å². The molecule has 1 amide bonds. The number of hydrogen-bond acceptors (Lipinski definition) is 1. The van der Waals surface area contributed by atoms with E-state index in [0.717, 1.165) is 18.0 Å². The van der Waals surface area contributed by atoms with Crippen molar-refractivity contribution in [2.24, 2.45) is 5.92 Å². The highest BCUT2D eigenvalue weighted by molar-refractivity contribution is 5.88. The molecule has 0 radical (unpaired) electrons. The molecule has 0 heterocycles. The minimum absolute atomic E-state index is 0.000808. The third-order valence-corrected chi connectivity index (χ3v) is 3.00. The molecule has 2 nitrogen and oxygen atoms in total. The fourth-order valence-electron chi connectivity index (χ4n) is 2.22. The van der Waals surface area contributed by atoms with Crippen LogP contribution >= 0.6 is 0 Å². The minimum Gasteiger partial charge on any atom is -0.326 e. The quantitative estimate of drug-likeness (QED) is 0.747. The Bertz CT molecular complexity index is 384. The first-order valence-corrected chi connectivity index (χ1v) is 5.54. The van der Waals surface area contributed by atoms with E-state index in [2.05, 4.69) is 24.4 Å². The highest BCUT2D eigenvalue weighted by Crippen LogP contribution is 2.27. The van der Waals surface area contributed by atoms with Gasteiger partial charge in [0.1, 0.15) is 0 Å². The molecular weight excluding hydrogens is 186 g/mol. The molecule has 2 rings (SSSR count). The van der Waals surface area contributed by atoms with E-state index in [4.69, 9.17) is 0 Å². The van der Waals surface area contributed by atoms with Crippen LogP contribution < -0.4 is 5.32 Å². The molecule has 1 unspecified atom stereocenters. The number of nitrogens with one attached hydrogen (secondary N) is 1. The van der Waals surface area contributed by atoms with Gasteiger partial charge in [0.15, 0.2) is 0 Å². The second kappa shape index (κ2) is 4.05. The molecule has 0 bridgehead atoms. The largest absolute Gasteiger partial charge is 0.326 e. The number of anilines is 1. The Hall–Kier alpha value is -1.31. The van der Waals surface area contributed by atoms with E-state index >= 15 is 0 Å². The van der Waals surface area contributed by atoms with Gasteiger partial charge < -0.3 is 5.32 Å². The van der Waals surface area contributed by atoms with E-state index in [-0.39, 0.29) is 5.91 Å². The van der Waals surface area contributed by atoms with Crippen LogP contribution in [0.4, 0.5) is 5.69 Å². The van der Waals surface area contributed by atoms with Crippen molar-refractivity contribution in [2.45, 2.75) is 33.1 Å². The van der Waals surface area contributed by atoms with Gasteiger partial charge in [0.05, 0.1) is 0 Å². The SMILES string of the molecule is CC(=O)Nc1ccc2c(c1)CCC(C)C2. The van der Waals surface area contributed by atoms with Gasteiger partial charge in [0.25, 0.3) is 0 Å². The highest BCUT2D eigenvalue weighted by Gasteiger charge is 2.15. The Morgan fingerprint density at radius 1 is 1.40 bits per heavy atom. The van der Waals surface area contributed by atoms with E-state index < -0.39 is 0 Å². The zero-order valence-electron chi connectivity index (χ0n) is 9.34. The van der Waals surface area contributed by atoms with Gasteiger partial charge in [-0.05, 0) is 48.4 Å². The maximum absolute atomic E-state index is 10.9. The molecular formula is C13H17NO. The van der Waals surface area contributed by atoms with Crippen molar-refractivity contribution < 1.29 is 4.79 Å². The number of carbonyl (C=O) groups excluding carboxylic acids is 1. The lowest BCUT2D eigenvalue weighted by molar-refractivity contribution is -0.114. The standard InChI is InChI=1S/C13H17NO/c1-9-3-4-12-8-13(14-10(2)15)6-5-11(12)7-9/h5-6,8-9H,3-4,7H2,1-2H3,(H,14,15). The van der Waals surface area contributed by atoms with Crippen LogP contribution in [0.1, 0.15) is 31.4 Å². The number of fused-ring (bicyclic) bond motifs is 1. The van der Waals surface area contributed by atoms with Gasteiger partial charge in [-0.15, -0.1) is 0 Å². The zero-order valence-corrected chi connectivity index (χ0v) is 9.34. The molecule has 0 aliphatic heterocycles. The van der Waals surface area contributed by atoms with E-state index in [0.29, 0.717) is 0 Å². The second-order valence-electron chi connectivity index (χ2n) is 4.51. The molecule has 0 saturated heterocycles. The average Bonchev–Trinajstić information content (AvgIpc) is 2.17. The Kier molecular flexibility index (Phi) is 2.76. The van der Waals surface area contributed by atoms with Crippen LogP contribution in [-0.2, 0) is 17.6 Å². The molecule has 1 N–H and O–H groups in total. The number of rotatable bonds is 1. The van der Waals surface area contributed by atoms with Crippen LogP contribution in [-0.4, -0.2) is 5.91 Å². The summed E-state index contributed by atoms with van der Waals surface area (Å²) >= 11 is 0. The number of amides is 1. The molecule has 0 saturated carbocycles. The molecule has 0 aromatic heterocycles. The normalized spacial score (nSPS) is 19.5.